The molecule has 0 amide bonds. The van der Waals surface area contributed by atoms with E-state index in [4.69, 9.17) is 37.9 Å². The zero-order valence-electron chi connectivity index (χ0n) is 15.6. The smallest absolute Gasteiger partial charge is 0.339 e. The summed E-state index contributed by atoms with van der Waals surface area (Å²) in [6, 6.07) is 14.0. The third-order valence-electron chi connectivity index (χ3n) is 4.62. The molecule has 1 aromatic heterocycles. The van der Waals surface area contributed by atoms with Crippen LogP contribution in [0, 0.1) is 11.3 Å². The molecule has 10 heteroatoms. The highest BCUT2D eigenvalue weighted by molar-refractivity contribution is 7.87. The Morgan fingerprint density at radius 1 is 1.06 bits per heavy atom. The fourth-order valence-electron chi connectivity index (χ4n) is 3.19. The monoisotopic (exact) mass is 473 g/mol. The van der Waals surface area contributed by atoms with Crippen LogP contribution in [-0.4, -0.2) is 13.4 Å². The molecule has 0 fully saturated rings. The molecule has 2 heterocycles. The molecular formula is C21H13Cl2N3O4S. The number of pyridine rings is 1. The maximum absolute atomic E-state index is 12.6. The minimum absolute atomic E-state index is 0.00603. The minimum Gasteiger partial charge on any atom is -0.440 e. The summed E-state index contributed by atoms with van der Waals surface area (Å²) in [6.45, 7) is 0. The van der Waals surface area contributed by atoms with Crippen molar-refractivity contribution < 1.29 is 17.3 Å². The molecule has 0 aliphatic carbocycles. The second-order valence-corrected chi connectivity index (χ2v) is 8.88. The first-order chi connectivity index (χ1) is 14.8. The van der Waals surface area contributed by atoms with Crippen LogP contribution in [-0.2, 0) is 10.1 Å². The van der Waals surface area contributed by atoms with E-state index in [1.165, 1.54) is 30.3 Å². The lowest BCUT2D eigenvalue weighted by molar-refractivity contribution is 0.391. The third kappa shape index (κ3) is 4.03. The predicted octanol–water partition coefficient (Wildman–Crippen LogP) is 4.37. The topological polar surface area (TPSA) is 115 Å². The van der Waals surface area contributed by atoms with E-state index in [1.807, 2.05) is 0 Å². The molecule has 31 heavy (non-hydrogen) atoms. The maximum atomic E-state index is 12.6. The van der Waals surface area contributed by atoms with Crippen molar-refractivity contribution in [2.45, 2.75) is 10.8 Å². The molecule has 1 aliphatic rings. The second kappa shape index (κ2) is 8.12. The number of rotatable bonds is 4. The highest BCUT2D eigenvalue weighted by Gasteiger charge is 2.31. The van der Waals surface area contributed by atoms with Crippen molar-refractivity contribution in [3.05, 3.63) is 93.6 Å². The Labute approximate surface area is 188 Å². The molecule has 0 spiro atoms. The summed E-state index contributed by atoms with van der Waals surface area (Å²) in [4.78, 5) is 3.84. The zero-order chi connectivity index (χ0) is 22.2. The van der Waals surface area contributed by atoms with Crippen molar-refractivity contribution in [1.29, 1.82) is 5.26 Å². The molecule has 0 radical (unpaired) electrons. The van der Waals surface area contributed by atoms with Crippen LogP contribution < -0.4 is 14.7 Å². The summed E-state index contributed by atoms with van der Waals surface area (Å²) < 4.78 is 36.1. The van der Waals surface area contributed by atoms with Gasteiger partial charge in [-0.3, -0.25) is 4.98 Å². The first kappa shape index (κ1) is 21.0. The van der Waals surface area contributed by atoms with Crippen LogP contribution in [0.15, 0.2) is 77.3 Å². The molecule has 3 aromatic rings. The van der Waals surface area contributed by atoms with Gasteiger partial charge in [0.25, 0.3) is 0 Å². The number of hydrogen-bond donors (Lipinski definition) is 1. The lowest BCUT2D eigenvalue weighted by Crippen LogP contribution is -2.21. The van der Waals surface area contributed by atoms with Gasteiger partial charge < -0.3 is 14.7 Å². The lowest BCUT2D eigenvalue weighted by Gasteiger charge is -2.26. The molecule has 0 saturated heterocycles. The Morgan fingerprint density at radius 3 is 2.48 bits per heavy atom. The molecule has 1 unspecified atom stereocenters. The van der Waals surface area contributed by atoms with Gasteiger partial charge in [0.1, 0.15) is 28.0 Å². The van der Waals surface area contributed by atoms with Gasteiger partial charge in [-0.1, -0.05) is 29.3 Å². The van der Waals surface area contributed by atoms with E-state index >= 15 is 0 Å². The zero-order valence-corrected chi connectivity index (χ0v) is 17.9. The number of allylic oxidation sites excluding steroid dienone is 1. The third-order valence-corrected chi connectivity index (χ3v) is 6.60. The second-order valence-electron chi connectivity index (χ2n) is 6.52. The van der Waals surface area contributed by atoms with Crippen molar-refractivity contribution in [2.24, 2.45) is 5.73 Å². The van der Waals surface area contributed by atoms with Crippen molar-refractivity contribution in [3.63, 3.8) is 0 Å². The Bertz CT molecular complexity index is 1350. The van der Waals surface area contributed by atoms with Gasteiger partial charge in [-0.2, -0.15) is 13.7 Å². The number of nitriles is 1. The number of ether oxygens (including phenoxy) is 1. The molecule has 1 atom stereocenters. The summed E-state index contributed by atoms with van der Waals surface area (Å²) in [5, 5.41) is 9.89. The van der Waals surface area contributed by atoms with Crippen LogP contribution in [0.2, 0.25) is 10.0 Å². The van der Waals surface area contributed by atoms with Gasteiger partial charge in [0, 0.05) is 24.0 Å². The van der Waals surface area contributed by atoms with E-state index in [2.05, 4.69) is 11.1 Å². The van der Waals surface area contributed by atoms with Gasteiger partial charge in [0.05, 0.1) is 16.0 Å². The normalized spacial score (nSPS) is 15.6. The standard InChI is InChI=1S/C21H13Cl2N3O4S/c22-17-4-2-14(10-18(17)23)31(27,28)30-13-1-3-15-19(9-13)29-21(25)16(11-24)20(15)12-5-7-26-8-6-12/h1-10,20H,25H2. The van der Waals surface area contributed by atoms with Gasteiger partial charge in [0.15, 0.2) is 0 Å². The number of fused-ring (bicyclic) bond motifs is 1. The summed E-state index contributed by atoms with van der Waals surface area (Å²) in [6.07, 6.45) is 3.22. The summed E-state index contributed by atoms with van der Waals surface area (Å²) in [5.41, 5.74) is 7.63. The molecule has 0 saturated carbocycles. The first-order valence-electron chi connectivity index (χ1n) is 8.81. The Hall–Kier alpha value is -3.25. The van der Waals surface area contributed by atoms with Crippen molar-refractivity contribution >= 4 is 33.3 Å². The van der Waals surface area contributed by atoms with E-state index in [-0.39, 0.29) is 37.9 Å². The van der Waals surface area contributed by atoms with E-state index in [1.54, 1.807) is 30.6 Å². The van der Waals surface area contributed by atoms with Gasteiger partial charge in [-0.05, 0) is 42.0 Å². The largest absolute Gasteiger partial charge is 0.440 e. The summed E-state index contributed by atoms with van der Waals surface area (Å²) in [7, 11) is -4.18. The number of nitrogens with zero attached hydrogens (tertiary/aromatic N) is 2. The summed E-state index contributed by atoms with van der Waals surface area (Å²) in [5.74, 6) is -0.273. The number of halogens is 2. The molecule has 0 bridgehead atoms. The predicted molar refractivity (Wildman–Crippen MR) is 114 cm³/mol. The van der Waals surface area contributed by atoms with Crippen molar-refractivity contribution in [3.8, 4) is 17.6 Å². The van der Waals surface area contributed by atoms with E-state index in [9.17, 15) is 13.7 Å². The highest BCUT2D eigenvalue weighted by atomic mass is 35.5. The number of hydrogen-bond acceptors (Lipinski definition) is 7. The minimum atomic E-state index is -4.18. The van der Waals surface area contributed by atoms with Gasteiger partial charge in [-0.25, -0.2) is 0 Å². The number of aromatic nitrogens is 1. The van der Waals surface area contributed by atoms with Gasteiger partial charge >= 0.3 is 10.1 Å². The Morgan fingerprint density at radius 2 is 1.81 bits per heavy atom. The van der Waals surface area contributed by atoms with Crippen LogP contribution >= 0.6 is 23.2 Å². The fraction of sp³-hybridized carbons (Fsp3) is 0.0476. The fourth-order valence-corrected chi connectivity index (χ4v) is 4.51. The molecule has 4 rings (SSSR count). The van der Waals surface area contributed by atoms with Crippen molar-refractivity contribution in [2.75, 3.05) is 0 Å². The average molecular weight is 474 g/mol. The van der Waals surface area contributed by atoms with Crippen LogP contribution in [0.4, 0.5) is 0 Å². The van der Waals surface area contributed by atoms with E-state index in [0.29, 0.717) is 5.56 Å². The van der Waals surface area contributed by atoms with E-state index < -0.39 is 16.0 Å². The molecule has 156 valence electrons. The Kier molecular flexibility index (Phi) is 5.50. The van der Waals surface area contributed by atoms with Gasteiger partial charge in [-0.15, -0.1) is 0 Å². The SMILES string of the molecule is N#CC1=C(N)Oc2cc(OS(=O)(=O)c3ccc(Cl)c(Cl)c3)ccc2C1c1ccncc1. The maximum Gasteiger partial charge on any atom is 0.339 e. The van der Waals surface area contributed by atoms with Crippen LogP contribution in [0.25, 0.3) is 0 Å². The van der Waals surface area contributed by atoms with E-state index in [0.717, 1.165) is 5.56 Å². The first-order valence-corrected chi connectivity index (χ1v) is 11.0. The van der Waals surface area contributed by atoms with Crippen LogP contribution in [0.1, 0.15) is 17.0 Å². The quantitative estimate of drug-likeness (QED) is 0.558. The molecule has 7 nitrogen and oxygen atoms in total. The lowest BCUT2D eigenvalue weighted by atomic mass is 9.84. The van der Waals surface area contributed by atoms with Crippen LogP contribution in [0.5, 0.6) is 11.5 Å². The number of nitrogens with two attached hydrogens (primary N) is 1. The molecule has 1 aliphatic heterocycles. The average Bonchev–Trinajstić information content (AvgIpc) is 2.74. The molecule has 2 N–H and O–H groups in total. The van der Waals surface area contributed by atoms with Crippen molar-refractivity contribution in [1.82, 2.24) is 4.98 Å². The van der Waals surface area contributed by atoms with Gasteiger partial charge in [0.2, 0.25) is 5.88 Å². The Balaban J connectivity index is 1.72. The summed E-state index contributed by atoms with van der Waals surface area (Å²) >= 11 is 11.8. The molecular weight excluding hydrogens is 461 g/mol. The highest BCUT2D eigenvalue weighted by Crippen LogP contribution is 2.43. The van der Waals surface area contributed by atoms with Crippen LogP contribution in [0.3, 0.4) is 0 Å². The number of benzene rings is 2. The molecule has 2 aromatic carbocycles.